The van der Waals surface area contributed by atoms with Gasteiger partial charge in [0.05, 0.1) is 13.5 Å². The third kappa shape index (κ3) is 4.36. The molecule has 2 unspecified atom stereocenters. The number of ether oxygens (including phenoxy) is 1. The summed E-state index contributed by atoms with van der Waals surface area (Å²) in [6, 6.07) is 7.49. The minimum Gasteiger partial charge on any atom is -0.469 e. The van der Waals surface area contributed by atoms with Gasteiger partial charge in [-0.05, 0) is 24.0 Å². The van der Waals surface area contributed by atoms with Gasteiger partial charge < -0.3 is 10.5 Å². The molecule has 2 atom stereocenters. The highest BCUT2D eigenvalue weighted by Crippen LogP contribution is 2.27. The number of hydrogen-bond donors (Lipinski definition) is 1. The predicted molar refractivity (Wildman–Crippen MR) is 69.1 cm³/mol. The maximum Gasteiger partial charge on any atom is 0.307 e. The Labute approximate surface area is 107 Å². The molecule has 1 rings (SSSR count). The van der Waals surface area contributed by atoms with E-state index >= 15 is 0 Å². The lowest BCUT2D eigenvalue weighted by atomic mass is 9.93. The molecule has 0 aromatic heterocycles. The van der Waals surface area contributed by atoms with Gasteiger partial charge in [-0.2, -0.15) is 0 Å². The van der Waals surface area contributed by atoms with Crippen LogP contribution in [0.1, 0.15) is 31.2 Å². The topological polar surface area (TPSA) is 52.3 Å². The largest absolute Gasteiger partial charge is 0.469 e. The van der Waals surface area contributed by atoms with Crippen LogP contribution < -0.4 is 5.73 Å². The first-order chi connectivity index (χ1) is 8.04. The van der Waals surface area contributed by atoms with Crippen LogP contribution in [0.15, 0.2) is 24.3 Å². The predicted octanol–water partition coefficient (Wildman–Crippen LogP) is 2.72. The Morgan fingerprint density at radius 3 is 2.71 bits per heavy atom. The molecule has 0 aliphatic heterocycles. The van der Waals surface area contributed by atoms with Crippen LogP contribution in [-0.2, 0) is 9.53 Å². The van der Waals surface area contributed by atoms with Crippen LogP contribution in [0.5, 0.6) is 0 Å². The zero-order valence-corrected chi connectivity index (χ0v) is 10.9. The molecule has 2 N–H and O–H groups in total. The molecule has 3 nitrogen and oxygen atoms in total. The number of carbonyl (C=O) groups is 1. The fourth-order valence-electron chi connectivity index (χ4n) is 1.84. The van der Waals surface area contributed by atoms with Gasteiger partial charge in [-0.25, -0.2) is 0 Å². The number of halogens is 1. The van der Waals surface area contributed by atoms with Crippen LogP contribution in [-0.4, -0.2) is 19.1 Å². The van der Waals surface area contributed by atoms with Crippen LogP contribution in [0.25, 0.3) is 0 Å². The van der Waals surface area contributed by atoms with E-state index in [2.05, 4.69) is 11.7 Å². The van der Waals surface area contributed by atoms with Gasteiger partial charge >= 0.3 is 5.97 Å². The second-order valence-corrected chi connectivity index (χ2v) is 4.61. The fraction of sp³-hybridized carbons (Fsp3) is 0.462. The Kier molecular flexibility index (Phi) is 5.45. The quantitative estimate of drug-likeness (QED) is 0.823. The molecule has 0 saturated carbocycles. The van der Waals surface area contributed by atoms with Gasteiger partial charge in [0.1, 0.15) is 0 Å². The van der Waals surface area contributed by atoms with Gasteiger partial charge in [0.25, 0.3) is 0 Å². The van der Waals surface area contributed by atoms with Crippen molar-refractivity contribution in [1.29, 1.82) is 0 Å². The summed E-state index contributed by atoms with van der Waals surface area (Å²) in [7, 11) is 1.37. The molecule has 4 heteroatoms. The van der Waals surface area contributed by atoms with Gasteiger partial charge in [0.2, 0.25) is 0 Å². The number of nitrogens with two attached hydrogens (primary N) is 1. The number of benzene rings is 1. The first-order valence-electron chi connectivity index (χ1n) is 5.61. The third-order valence-corrected chi connectivity index (χ3v) is 3.09. The van der Waals surface area contributed by atoms with Crippen LogP contribution in [0.2, 0.25) is 5.02 Å². The van der Waals surface area contributed by atoms with Crippen LogP contribution >= 0.6 is 11.6 Å². The second-order valence-electron chi connectivity index (χ2n) is 4.20. The van der Waals surface area contributed by atoms with Gasteiger partial charge in [-0.15, -0.1) is 0 Å². The number of esters is 1. The van der Waals surface area contributed by atoms with Crippen molar-refractivity contribution >= 4 is 17.6 Å². The first-order valence-corrected chi connectivity index (χ1v) is 5.99. The van der Waals surface area contributed by atoms with E-state index in [1.165, 1.54) is 7.11 Å². The molecule has 0 aliphatic carbocycles. The smallest absolute Gasteiger partial charge is 0.307 e. The molecular formula is C13H18ClNO2. The van der Waals surface area contributed by atoms with Crippen molar-refractivity contribution in [3.8, 4) is 0 Å². The SMILES string of the molecule is COC(=O)CC(N)CC(C)c1ccccc1Cl. The Hall–Kier alpha value is -1.06. The molecule has 0 bridgehead atoms. The number of methoxy groups -OCH3 is 1. The summed E-state index contributed by atoms with van der Waals surface area (Å²) in [5.41, 5.74) is 6.96. The van der Waals surface area contributed by atoms with Crippen LogP contribution in [0.3, 0.4) is 0 Å². The highest BCUT2D eigenvalue weighted by Gasteiger charge is 2.16. The van der Waals surface area contributed by atoms with E-state index in [9.17, 15) is 4.79 Å². The summed E-state index contributed by atoms with van der Waals surface area (Å²) < 4.78 is 4.59. The lowest BCUT2D eigenvalue weighted by Gasteiger charge is -2.17. The van der Waals surface area contributed by atoms with Gasteiger partial charge in [-0.3, -0.25) is 4.79 Å². The van der Waals surface area contributed by atoms with E-state index < -0.39 is 0 Å². The standard InChI is InChI=1S/C13H18ClNO2/c1-9(7-10(15)8-13(16)17-2)11-5-3-4-6-12(11)14/h3-6,9-10H,7-8,15H2,1-2H3. The molecule has 0 heterocycles. The average Bonchev–Trinajstić information content (AvgIpc) is 2.29. The molecule has 0 saturated heterocycles. The molecule has 0 spiro atoms. The molecule has 94 valence electrons. The molecule has 0 radical (unpaired) electrons. The van der Waals surface area contributed by atoms with E-state index in [4.69, 9.17) is 17.3 Å². The Bertz CT molecular complexity index is 381. The minimum absolute atomic E-state index is 0.200. The summed E-state index contributed by atoms with van der Waals surface area (Å²) in [5, 5.41) is 0.741. The van der Waals surface area contributed by atoms with Crippen molar-refractivity contribution in [2.75, 3.05) is 7.11 Å². The zero-order valence-electron chi connectivity index (χ0n) is 10.2. The van der Waals surface area contributed by atoms with Crippen molar-refractivity contribution in [2.24, 2.45) is 5.73 Å². The normalized spacial score (nSPS) is 14.1. The molecule has 1 aromatic carbocycles. The van der Waals surface area contributed by atoms with E-state index in [1.54, 1.807) is 0 Å². The van der Waals surface area contributed by atoms with Crippen molar-refractivity contribution in [3.05, 3.63) is 34.9 Å². The number of carbonyl (C=O) groups excluding carboxylic acids is 1. The molecular weight excluding hydrogens is 238 g/mol. The number of rotatable bonds is 5. The maximum absolute atomic E-state index is 11.1. The average molecular weight is 256 g/mol. The summed E-state index contributed by atoms with van der Waals surface area (Å²) >= 11 is 6.10. The first kappa shape index (κ1) is 14.0. The summed E-state index contributed by atoms with van der Waals surface area (Å²) in [6.07, 6.45) is 0.949. The van der Waals surface area contributed by atoms with E-state index in [-0.39, 0.29) is 24.3 Å². The second kappa shape index (κ2) is 6.62. The molecule has 0 fully saturated rings. The van der Waals surface area contributed by atoms with Crippen LogP contribution in [0.4, 0.5) is 0 Å². The Balaban J connectivity index is 2.57. The van der Waals surface area contributed by atoms with Gasteiger partial charge in [0.15, 0.2) is 0 Å². The Morgan fingerprint density at radius 2 is 2.12 bits per heavy atom. The van der Waals surface area contributed by atoms with E-state index in [0.717, 1.165) is 10.6 Å². The van der Waals surface area contributed by atoms with Crippen molar-refractivity contribution in [1.82, 2.24) is 0 Å². The lowest BCUT2D eigenvalue weighted by molar-refractivity contribution is -0.141. The van der Waals surface area contributed by atoms with Crippen LogP contribution in [0, 0.1) is 0 Å². The summed E-state index contributed by atoms with van der Waals surface area (Å²) in [4.78, 5) is 11.1. The van der Waals surface area contributed by atoms with E-state index in [1.807, 2.05) is 24.3 Å². The van der Waals surface area contributed by atoms with Crippen molar-refractivity contribution in [2.45, 2.75) is 31.7 Å². The fourth-order valence-corrected chi connectivity index (χ4v) is 2.16. The zero-order chi connectivity index (χ0) is 12.8. The molecule has 0 aliphatic rings. The van der Waals surface area contributed by atoms with Crippen molar-refractivity contribution in [3.63, 3.8) is 0 Å². The minimum atomic E-state index is -0.274. The highest BCUT2D eigenvalue weighted by atomic mass is 35.5. The van der Waals surface area contributed by atoms with Gasteiger partial charge in [0, 0.05) is 11.1 Å². The monoisotopic (exact) mass is 255 g/mol. The maximum atomic E-state index is 11.1. The Morgan fingerprint density at radius 1 is 1.47 bits per heavy atom. The third-order valence-electron chi connectivity index (χ3n) is 2.75. The molecule has 1 aromatic rings. The number of hydrogen-bond acceptors (Lipinski definition) is 3. The molecule has 17 heavy (non-hydrogen) atoms. The van der Waals surface area contributed by atoms with E-state index in [0.29, 0.717) is 6.42 Å². The lowest BCUT2D eigenvalue weighted by Crippen LogP contribution is -2.26. The summed E-state index contributed by atoms with van der Waals surface area (Å²) in [6.45, 7) is 2.05. The van der Waals surface area contributed by atoms with Gasteiger partial charge in [-0.1, -0.05) is 36.7 Å². The molecule has 0 amide bonds. The highest BCUT2D eigenvalue weighted by molar-refractivity contribution is 6.31. The van der Waals surface area contributed by atoms with Crippen molar-refractivity contribution < 1.29 is 9.53 Å². The summed E-state index contributed by atoms with van der Waals surface area (Å²) in [5.74, 6) is -0.0489.